The van der Waals surface area contributed by atoms with Crippen molar-refractivity contribution in [2.24, 2.45) is 0 Å². The van der Waals surface area contributed by atoms with Gasteiger partial charge in [-0.05, 0) is 81.2 Å². The molecule has 2 atom stereocenters. The third-order valence-electron chi connectivity index (χ3n) is 6.54. The summed E-state index contributed by atoms with van der Waals surface area (Å²) in [7, 11) is 0. The second-order valence-electron chi connectivity index (χ2n) is 8.30. The van der Waals surface area contributed by atoms with Crippen LogP contribution in [0.25, 0.3) is 0 Å². The third-order valence-corrected chi connectivity index (χ3v) is 6.54. The van der Waals surface area contributed by atoms with E-state index in [1.54, 1.807) is 11.1 Å². The first-order chi connectivity index (χ1) is 13.7. The van der Waals surface area contributed by atoms with E-state index in [1.165, 1.54) is 36.8 Å². The van der Waals surface area contributed by atoms with E-state index in [1.807, 2.05) is 30.9 Å². The highest BCUT2D eigenvalue weighted by molar-refractivity contribution is 5.94. The van der Waals surface area contributed by atoms with Gasteiger partial charge in [0.25, 0.3) is 5.91 Å². The highest BCUT2D eigenvalue weighted by atomic mass is 16.2. The summed E-state index contributed by atoms with van der Waals surface area (Å²) in [5.41, 5.74) is 6.78. The van der Waals surface area contributed by atoms with Crippen LogP contribution in [-0.2, 0) is 6.42 Å². The molecule has 2 bridgehead atoms. The monoisotopic (exact) mass is 376 g/mol. The van der Waals surface area contributed by atoms with Crippen LogP contribution in [0, 0.1) is 0 Å². The van der Waals surface area contributed by atoms with E-state index in [0.717, 1.165) is 31.5 Å². The van der Waals surface area contributed by atoms with E-state index in [-0.39, 0.29) is 5.91 Å². The summed E-state index contributed by atoms with van der Waals surface area (Å²) in [5.74, 6) is 0.129. The first kappa shape index (κ1) is 19.2. The van der Waals surface area contributed by atoms with Crippen molar-refractivity contribution in [3.63, 3.8) is 0 Å². The Balaban J connectivity index is 1.50. The molecule has 4 rings (SSSR count). The Morgan fingerprint density at radius 2 is 1.75 bits per heavy atom. The van der Waals surface area contributed by atoms with E-state index < -0.39 is 0 Å². The van der Waals surface area contributed by atoms with Crippen molar-refractivity contribution in [3.05, 3.63) is 70.3 Å². The zero-order valence-electron chi connectivity index (χ0n) is 17.2. The van der Waals surface area contributed by atoms with Crippen molar-refractivity contribution in [3.8, 4) is 0 Å². The Morgan fingerprint density at radius 3 is 2.39 bits per heavy atom. The fourth-order valence-electron chi connectivity index (χ4n) is 4.97. The lowest BCUT2D eigenvalue weighted by atomic mass is 9.84. The van der Waals surface area contributed by atoms with Gasteiger partial charge in [0.2, 0.25) is 0 Å². The molecule has 148 valence electrons. The predicted molar refractivity (Wildman–Crippen MR) is 115 cm³/mol. The Labute approximate surface area is 169 Å². The minimum Gasteiger partial charge on any atom is -0.339 e. The van der Waals surface area contributed by atoms with Crippen LogP contribution in [0.3, 0.4) is 0 Å². The number of amides is 1. The summed E-state index contributed by atoms with van der Waals surface area (Å²) in [6.45, 7) is 5.57. The summed E-state index contributed by atoms with van der Waals surface area (Å²) in [6.07, 6.45) is 13.9. The lowest BCUT2D eigenvalue weighted by Crippen LogP contribution is -2.35. The van der Waals surface area contributed by atoms with Crippen LogP contribution >= 0.6 is 0 Å². The molecule has 0 radical (unpaired) electrons. The van der Waals surface area contributed by atoms with Gasteiger partial charge in [-0.15, -0.1) is 0 Å². The number of rotatable bonds is 5. The van der Waals surface area contributed by atoms with Crippen LogP contribution in [0.4, 0.5) is 0 Å². The van der Waals surface area contributed by atoms with Gasteiger partial charge in [-0.2, -0.15) is 0 Å². The number of piperidine rings is 1. The smallest absolute Gasteiger partial charge is 0.253 e. The van der Waals surface area contributed by atoms with Crippen molar-refractivity contribution in [2.45, 2.75) is 64.5 Å². The number of carbonyl (C=O) groups is 1. The second kappa shape index (κ2) is 8.48. The normalized spacial score (nSPS) is 23.7. The van der Waals surface area contributed by atoms with Gasteiger partial charge in [0.05, 0.1) is 0 Å². The van der Waals surface area contributed by atoms with E-state index in [0.29, 0.717) is 12.1 Å². The minimum atomic E-state index is 0.129. The van der Waals surface area contributed by atoms with Gasteiger partial charge in [0, 0.05) is 30.7 Å². The molecule has 1 N–H and O–H groups in total. The van der Waals surface area contributed by atoms with Gasteiger partial charge >= 0.3 is 0 Å². The molecule has 2 saturated heterocycles. The molecule has 28 heavy (non-hydrogen) atoms. The number of benzene rings is 1. The number of allylic oxidation sites excluding steroid dienone is 5. The van der Waals surface area contributed by atoms with E-state index in [2.05, 4.69) is 35.7 Å². The van der Waals surface area contributed by atoms with Crippen LogP contribution in [0.2, 0.25) is 0 Å². The summed E-state index contributed by atoms with van der Waals surface area (Å²) in [4.78, 5) is 14.4. The Bertz CT molecular complexity index is 797. The van der Waals surface area contributed by atoms with Crippen molar-refractivity contribution < 1.29 is 4.79 Å². The zero-order chi connectivity index (χ0) is 19.5. The molecule has 3 nitrogen and oxygen atoms in total. The molecule has 0 spiro atoms. The summed E-state index contributed by atoms with van der Waals surface area (Å²) >= 11 is 0. The van der Waals surface area contributed by atoms with Crippen LogP contribution in [0.1, 0.15) is 61.9 Å². The molecule has 2 fully saturated rings. The molecular weight excluding hydrogens is 344 g/mol. The molecule has 1 amide bonds. The van der Waals surface area contributed by atoms with E-state index in [9.17, 15) is 4.79 Å². The van der Waals surface area contributed by atoms with Crippen LogP contribution in [-0.4, -0.2) is 36.0 Å². The second-order valence-corrected chi connectivity index (χ2v) is 8.30. The number of hydrogen-bond donors (Lipinski definition) is 1. The molecule has 1 aromatic rings. The number of nitrogens with one attached hydrogen (secondary N) is 1. The molecule has 3 heteroatoms. The minimum absolute atomic E-state index is 0.129. The van der Waals surface area contributed by atoms with Gasteiger partial charge in [-0.1, -0.05) is 35.9 Å². The fraction of sp³-hybridized carbons (Fsp3) is 0.480. The zero-order valence-corrected chi connectivity index (χ0v) is 17.2. The first-order valence-electron chi connectivity index (χ1n) is 10.9. The maximum atomic E-state index is 12.5. The maximum Gasteiger partial charge on any atom is 0.253 e. The standard InChI is InChI=1S/C25H32N2O/c1-3-27(4-2)25(28)19-11-9-18(10-12-19)15-20-7-5-6-8-24(20)21-16-22-13-14-23(17-21)26-22/h5-7,9-12,22-23,26H,3-4,8,13-17H2,1-2H3. The molecule has 2 unspecified atom stereocenters. The fourth-order valence-corrected chi connectivity index (χ4v) is 4.97. The number of carbonyl (C=O) groups excluding carboxylic acids is 1. The average molecular weight is 377 g/mol. The summed E-state index contributed by atoms with van der Waals surface area (Å²) < 4.78 is 0. The largest absolute Gasteiger partial charge is 0.339 e. The summed E-state index contributed by atoms with van der Waals surface area (Å²) in [6, 6.07) is 9.63. The highest BCUT2D eigenvalue weighted by Gasteiger charge is 2.32. The number of fused-ring (bicyclic) bond motifs is 2. The van der Waals surface area contributed by atoms with Gasteiger partial charge in [-0.25, -0.2) is 0 Å². The third kappa shape index (κ3) is 4.00. The predicted octanol–water partition coefficient (Wildman–Crippen LogP) is 4.81. The van der Waals surface area contributed by atoms with E-state index >= 15 is 0 Å². The van der Waals surface area contributed by atoms with E-state index in [4.69, 9.17) is 0 Å². The average Bonchev–Trinajstić information content (AvgIpc) is 3.07. The first-order valence-corrected chi connectivity index (χ1v) is 10.9. The molecule has 0 aromatic heterocycles. The molecule has 2 heterocycles. The topological polar surface area (TPSA) is 32.3 Å². The quantitative estimate of drug-likeness (QED) is 0.800. The van der Waals surface area contributed by atoms with Crippen LogP contribution < -0.4 is 5.32 Å². The molecule has 2 aliphatic heterocycles. The SMILES string of the molecule is CCN(CC)C(=O)c1ccc(CC2=CC=CCC2=C2CC3CCC(C2)N3)cc1. The Kier molecular flexibility index (Phi) is 5.82. The van der Waals surface area contributed by atoms with Crippen LogP contribution in [0.5, 0.6) is 0 Å². The van der Waals surface area contributed by atoms with Crippen molar-refractivity contribution in [1.29, 1.82) is 0 Å². The number of nitrogens with zero attached hydrogens (tertiary/aromatic N) is 1. The molecule has 0 saturated carbocycles. The lowest BCUT2D eigenvalue weighted by Gasteiger charge is -2.28. The van der Waals surface area contributed by atoms with Gasteiger partial charge < -0.3 is 10.2 Å². The van der Waals surface area contributed by atoms with Crippen molar-refractivity contribution in [1.82, 2.24) is 10.2 Å². The summed E-state index contributed by atoms with van der Waals surface area (Å²) in [5, 5.41) is 3.75. The molecular formula is C25H32N2O. The van der Waals surface area contributed by atoms with Crippen molar-refractivity contribution >= 4 is 5.91 Å². The number of hydrogen-bond acceptors (Lipinski definition) is 2. The lowest BCUT2D eigenvalue weighted by molar-refractivity contribution is 0.0773. The van der Waals surface area contributed by atoms with Gasteiger partial charge in [0.15, 0.2) is 0 Å². The van der Waals surface area contributed by atoms with Gasteiger partial charge in [0.1, 0.15) is 0 Å². The Morgan fingerprint density at radius 1 is 1.07 bits per heavy atom. The molecule has 1 aliphatic carbocycles. The van der Waals surface area contributed by atoms with Crippen LogP contribution in [0.15, 0.2) is 59.2 Å². The highest BCUT2D eigenvalue weighted by Crippen LogP contribution is 2.37. The molecule has 3 aliphatic rings. The van der Waals surface area contributed by atoms with Gasteiger partial charge in [-0.3, -0.25) is 4.79 Å². The van der Waals surface area contributed by atoms with Crippen molar-refractivity contribution in [2.75, 3.05) is 13.1 Å². The molecule has 1 aromatic carbocycles. The maximum absolute atomic E-state index is 12.5. The Hall–Kier alpha value is -2.13.